The van der Waals surface area contributed by atoms with Gasteiger partial charge in [0.1, 0.15) is 5.60 Å². The van der Waals surface area contributed by atoms with Crippen LogP contribution in [-0.2, 0) is 4.74 Å². The molecular weight excluding hydrogens is 250 g/mol. The molecule has 1 saturated heterocycles. The molecule has 3 N–H and O–H groups in total. The zero-order valence-corrected chi connectivity index (χ0v) is 11.7. The van der Waals surface area contributed by atoms with Crippen molar-refractivity contribution in [2.45, 2.75) is 39.2 Å². The van der Waals surface area contributed by atoms with Crippen molar-refractivity contribution in [2.24, 2.45) is 5.92 Å². The zero-order valence-electron chi connectivity index (χ0n) is 11.7. The monoisotopic (exact) mass is 273 g/mol. The van der Waals surface area contributed by atoms with E-state index in [1.807, 2.05) is 20.8 Å². The highest BCUT2D eigenvalue weighted by molar-refractivity contribution is 5.67. The van der Waals surface area contributed by atoms with Gasteiger partial charge < -0.3 is 15.2 Å². The van der Waals surface area contributed by atoms with Gasteiger partial charge in [-0.2, -0.15) is 0 Å². The maximum Gasteiger partial charge on any atom is 0.419 e. The summed E-state index contributed by atoms with van der Waals surface area (Å²) in [5, 5.41) is 13.0. The smallest absolute Gasteiger partial charge is 0.419 e. The molecule has 0 radical (unpaired) electrons. The summed E-state index contributed by atoms with van der Waals surface area (Å²) in [7, 11) is 0. The van der Waals surface area contributed by atoms with E-state index in [4.69, 9.17) is 9.84 Å². The van der Waals surface area contributed by atoms with Gasteiger partial charge in [-0.3, -0.25) is 5.43 Å². The number of amides is 2. The molecule has 1 heterocycles. The first kappa shape index (κ1) is 15.6. The molecule has 1 aliphatic rings. The number of hydrogen-bond donors (Lipinski definition) is 3. The maximum atomic E-state index is 11.5. The fourth-order valence-corrected chi connectivity index (χ4v) is 2.01. The molecule has 0 aromatic rings. The van der Waals surface area contributed by atoms with Gasteiger partial charge in [-0.15, -0.1) is 0 Å². The molecule has 1 atom stereocenters. The van der Waals surface area contributed by atoms with E-state index in [2.05, 4.69) is 10.7 Å². The largest absolute Gasteiger partial charge is 0.464 e. The van der Waals surface area contributed by atoms with Crippen LogP contribution in [0.4, 0.5) is 9.59 Å². The van der Waals surface area contributed by atoms with Crippen LogP contribution in [0.2, 0.25) is 0 Å². The minimum absolute atomic E-state index is 0.230. The second-order valence-electron chi connectivity index (χ2n) is 5.75. The molecule has 0 spiro atoms. The lowest BCUT2D eigenvalue weighted by Crippen LogP contribution is -2.49. The fourth-order valence-electron chi connectivity index (χ4n) is 2.01. The minimum Gasteiger partial charge on any atom is -0.464 e. The van der Waals surface area contributed by atoms with Crippen LogP contribution < -0.4 is 10.7 Å². The van der Waals surface area contributed by atoms with Gasteiger partial charge in [0.15, 0.2) is 0 Å². The summed E-state index contributed by atoms with van der Waals surface area (Å²) in [5.41, 5.74) is 1.84. The Labute approximate surface area is 113 Å². The summed E-state index contributed by atoms with van der Waals surface area (Å²) >= 11 is 0. The van der Waals surface area contributed by atoms with Gasteiger partial charge in [-0.25, -0.2) is 14.6 Å². The molecule has 0 aromatic heterocycles. The van der Waals surface area contributed by atoms with E-state index in [0.717, 1.165) is 12.8 Å². The average molecular weight is 273 g/mol. The number of rotatable bonds is 3. The van der Waals surface area contributed by atoms with Crippen LogP contribution in [0, 0.1) is 5.92 Å². The molecule has 0 aliphatic carbocycles. The topological polar surface area (TPSA) is 90.9 Å². The Balaban J connectivity index is 2.29. The number of carbonyl (C=O) groups excluding carboxylic acids is 1. The predicted molar refractivity (Wildman–Crippen MR) is 69.7 cm³/mol. The quantitative estimate of drug-likeness (QED) is 0.723. The molecule has 19 heavy (non-hydrogen) atoms. The summed E-state index contributed by atoms with van der Waals surface area (Å²) in [6.07, 6.45) is 0.380. The van der Waals surface area contributed by atoms with Crippen molar-refractivity contribution in [1.82, 2.24) is 15.8 Å². The Morgan fingerprint density at radius 3 is 2.68 bits per heavy atom. The van der Waals surface area contributed by atoms with Gasteiger partial charge >= 0.3 is 12.2 Å². The highest BCUT2D eigenvalue weighted by Gasteiger charge is 2.22. The third kappa shape index (κ3) is 6.85. The normalized spacial score (nSPS) is 20.7. The van der Waals surface area contributed by atoms with Crippen molar-refractivity contribution >= 4 is 12.2 Å². The second-order valence-corrected chi connectivity index (χ2v) is 5.75. The number of hydrazine groups is 1. The molecule has 0 bridgehead atoms. The van der Waals surface area contributed by atoms with E-state index in [1.165, 1.54) is 0 Å². The van der Waals surface area contributed by atoms with Gasteiger partial charge in [-0.05, 0) is 39.5 Å². The molecule has 2 amide bonds. The average Bonchev–Trinajstić information content (AvgIpc) is 2.23. The first-order chi connectivity index (χ1) is 8.76. The van der Waals surface area contributed by atoms with Gasteiger partial charge in [0, 0.05) is 19.6 Å². The number of hydrogen-bond acceptors (Lipinski definition) is 4. The minimum atomic E-state index is -1.05. The second kappa shape index (κ2) is 6.60. The molecule has 110 valence electrons. The number of alkyl carbamates (subject to hydrolysis) is 1. The van der Waals surface area contributed by atoms with E-state index in [-0.39, 0.29) is 5.92 Å². The third-order valence-electron chi connectivity index (χ3n) is 2.71. The van der Waals surface area contributed by atoms with Crippen molar-refractivity contribution < 1.29 is 19.4 Å². The molecule has 1 fully saturated rings. The third-order valence-corrected chi connectivity index (χ3v) is 2.71. The summed E-state index contributed by atoms with van der Waals surface area (Å²) in [4.78, 5) is 22.1. The van der Waals surface area contributed by atoms with Crippen LogP contribution in [0.25, 0.3) is 0 Å². The van der Waals surface area contributed by atoms with Gasteiger partial charge in [0.25, 0.3) is 0 Å². The van der Waals surface area contributed by atoms with Crippen LogP contribution in [0.15, 0.2) is 0 Å². The molecule has 0 aromatic carbocycles. The Morgan fingerprint density at radius 2 is 2.11 bits per heavy atom. The lowest BCUT2D eigenvalue weighted by Gasteiger charge is -2.32. The number of nitrogens with zero attached hydrogens (tertiary/aromatic N) is 1. The SMILES string of the molecule is CC(C)(C)OC(=O)NCC1CCCN(NC(=O)O)C1. The van der Waals surface area contributed by atoms with Crippen molar-refractivity contribution in [3.8, 4) is 0 Å². The maximum absolute atomic E-state index is 11.5. The summed E-state index contributed by atoms with van der Waals surface area (Å²) in [5.74, 6) is 0.230. The van der Waals surface area contributed by atoms with E-state index >= 15 is 0 Å². The van der Waals surface area contributed by atoms with Crippen molar-refractivity contribution in [1.29, 1.82) is 0 Å². The summed E-state index contributed by atoms with van der Waals surface area (Å²) in [6.45, 7) is 7.23. The van der Waals surface area contributed by atoms with Gasteiger partial charge in [-0.1, -0.05) is 0 Å². The fraction of sp³-hybridized carbons (Fsp3) is 0.833. The first-order valence-electron chi connectivity index (χ1n) is 6.47. The molecule has 7 heteroatoms. The zero-order chi connectivity index (χ0) is 14.5. The predicted octanol–water partition coefficient (Wildman–Crippen LogP) is 1.41. The van der Waals surface area contributed by atoms with Crippen LogP contribution in [0.5, 0.6) is 0 Å². The number of carbonyl (C=O) groups is 2. The number of ether oxygens (including phenoxy) is 1. The number of carboxylic acid groups (broad SMARTS) is 1. The molecule has 1 unspecified atom stereocenters. The molecule has 7 nitrogen and oxygen atoms in total. The Kier molecular flexibility index (Phi) is 5.41. The van der Waals surface area contributed by atoms with Crippen LogP contribution in [0.1, 0.15) is 33.6 Å². The van der Waals surface area contributed by atoms with E-state index in [0.29, 0.717) is 19.6 Å². The highest BCUT2D eigenvalue weighted by atomic mass is 16.6. The Bertz CT molecular complexity index is 327. The van der Waals surface area contributed by atoms with E-state index < -0.39 is 17.8 Å². The van der Waals surface area contributed by atoms with Gasteiger partial charge in [0.2, 0.25) is 0 Å². The number of nitrogens with one attached hydrogen (secondary N) is 2. The Morgan fingerprint density at radius 1 is 1.42 bits per heavy atom. The van der Waals surface area contributed by atoms with Crippen LogP contribution in [0.3, 0.4) is 0 Å². The number of piperidine rings is 1. The van der Waals surface area contributed by atoms with E-state index in [1.54, 1.807) is 5.01 Å². The lowest BCUT2D eigenvalue weighted by atomic mass is 9.99. The van der Waals surface area contributed by atoms with Crippen LogP contribution >= 0.6 is 0 Å². The van der Waals surface area contributed by atoms with Crippen molar-refractivity contribution in [3.63, 3.8) is 0 Å². The Hall–Kier alpha value is -1.50. The van der Waals surface area contributed by atoms with E-state index in [9.17, 15) is 9.59 Å². The first-order valence-corrected chi connectivity index (χ1v) is 6.47. The molecule has 1 aliphatic heterocycles. The van der Waals surface area contributed by atoms with Crippen LogP contribution in [-0.4, -0.2) is 47.5 Å². The van der Waals surface area contributed by atoms with Crippen molar-refractivity contribution in [2.75, 3.05) is 19.6 Å². The summed E-state index contributed by atoms with van der Waals surface area (Å²) in [6, 6.07) is 0. The van der Waals surface area contributed by atoms with Gasteiger partial charge in [0.05, 0.1) is 0 Å². The van der Waals surface area contributed by atoms with Crippen molar-refractivity contribution in [3.05, 3.63) is 0 Å². The standard InChI is InChI=1S/C12H23N3O4/c1-12(2,3)19-11(18)13-7-9-5-4-6-15(8-9)14-10(16)17/h9,14H,4-8H2,1-3H3,(H,13,18)(H,16,17). The highest BCUT2D eigenvalue weighted by Crippen LogP contribution is 2.14. The summed E-state index contributed by atoms with van der Waals surface area (Å²) < 4.78 is 5.15. The molecular formula is C12H23N3O4. The molecule has 0 saturated carbocycles. The lowest BCUT2D eigenvalue weighted by molar-refractivity contribution is 0.0493. The molecule has 1 rings (SSSR count).